The monoisotopic (exact) mass is 1950 g/mol. The van der Waals surface area contributed by atoms with Gasteiger partial charge in [0, 0.05) is 59.4 Å². The summed E-state index contributed by atoms with van der Waals surface area (Å²) in [5.41, 5.74) is 10.8. The molecule has 0 aromatic heterocycles. The van der Waals surface area contributed by atoms with Gasteiger partial charge in [-0.15, -0.1) is 11.8 Å². The van der Waals surface area contributed by atoms with Crippen molar-refractivity contribution in [2.45, 2.75) is 264 Å². The summed E-state index contributed by atoms with van der Waals surface area (Å²) < 4.78 is 28.8. The molecule has 0 aliphatic carbocycles. The predicted molar refractivity (Wildman–Crippen MR) is 443 cm³/mol. The van der Waals surface area contributed by atoms with Gasteiger partial charge in [-0.05, 0) is 39.5 Å². The fourth-order valence-corrected chi connectivity index (χ4v) is 14.3. The lowest BCUT2D eigenvalue weighted by Gasteiger charge is -2.48. The Morgan fingerprint density at radius 3 is 1.42 bits per heavy atom. The van der Waals surface area contributed by atoms with Gasteiger partial charge >= 0.3 is 5.97 Å². The number of aliphatic hydroxyl groups excluding tert-OH is 14. The zero-order valence-corrected chi connectivity index (χ0v) is 74.0. The summed E-state index contributed by atoms with van der Waals surface area (Å²) in [4.78, 5) is 270. The summed E-state index contributed by atoms with van der Waals surface area (Å²) in [5, 5.41) is 193. The van der Waals surface area contributed by atoms with Crippen molar-refractivity contribution >= 4 is 130 Å². The van der Waals surface area contributed by atoms with E-state index in [1.807, 2.05) is 16.0 Å². The zero-order chi connectivity index (χ0) is 101. The molecular weight excluding hydrogens is 1830 g/mol. The maximum atomic E-state index is 15.0. The number of carboxylic acid groups (broad SMARTS) is 1. The van der Waals surface area contributed by atoms with E-state index in [0.29, 0.717) is 0 Å². The summed E-state index contributed by atoms with van der Waals surface area (Å²) >= 11 is 1.23. The zero-order valence-electron chi connectivity index (χ0n) is 73.2. The van der Waals surface area contributed by atoms with E-state index in [9.17, 15) is 168 Å². The molecule has 4 rings (SSSR count). The summed E-state index contributed by atoms with van der Waals surface area (Å²) in [6, 6.07) is -27.3. The molecule has 0 unspecified atom stereocenters. The lowest BCUT2D eigenvalue weighted by atomic mass is 9.95. The number of carbonyl (C=O) groups is 20. The Bertz CT molecular complexity index is 4070. The topological polar surface area (TPSA) is 939 Å². The molecule has 59 nitrogen and oxygen atoms in total. The third-order valence-corrected chi connectivity index (χ3v) is 21.5. The number of ether oxygens (including phenoxy) is 5. The highest BCUT2D eigenvalue weighted by Gasteiger charge is 2.54. The molecule has 35 N–H and O–H groups in total. The Morgan fingerprint density at radius 2 is 0.896 bits per heavy atom. The molecule has 134 heavy (non-hydrogen) atoms. The van der Waals surface area contributed by atoms with Crippen LogP contribution >= 0.6 is 11.8 Å². The molecule has 0 aromatic rings. The van der Waals surface area contributed by atoms with Gasteiger partial charge in [-0.1, -0.05) is 0 Å². The van der Waals surface area contributed by atoms with Crippen LogP contribution in [0.5, 0.6) is 0 Å². The van der Waals surface area contributed by atoms with Crippen LogP contribution in [-0.2, 0) is 120 Å². The Balaban J connectivity index is 1.75. The van der Waals surface area contributed by atoms with E-state index in [1.54, 1.807) is 0 Å². The molecule has 0 bridgehead atoms. The number of likely N-dealkylation sites (tertiary alicyclic amines) is 1. The number of nitrogens with zero attached hydrogens (tertiary/aromatic N) is 1. The third-order valence-electron chi connectivity index (χ3n) is 20.7. The standard InChI is InChI=1S/C74H121N19O40S/c1-27(101)50(91-65(122)36(17-49(110)111)85-64(121)35(84-62(119)33(9-11-45(75)106)82-48(109)18-78-29(3)102)16-47(108)90-71-52(80-31(5)104)57(115)54(112)42(23-98)130-71)69(126)87-38(20-95)66(123)83-34(10-12-46(76)107)63(120)92-51(28(2)129-73-53(81-32(6)105)60(56(114)44(25-100)131-73)133-74-59(117)58(116)55(113)43(24-99)132-74)70(127)88-39(21-96)67(124)89-40(22-97)72(128)93-14-7-8-41(93)68(125)86-37(19-94)61(118)77-13-15-134-26-79-30(4)103/h27-28,33-44,50-60,71,73-74,94-101,112-117H,7-26H2,1-6H3,(H2,75,106)(H2,76,107)(H,77,118)(H,78,102)(H,79,103)(H,80,104)(H,81,105)(H,82,109)(H,83,123)(H,84,119)(H,85,121)(H,86,125)(H,87,126)(H,88,127)(H,89,124)(H,90,108)(H,91,122)(H,92,120)(H,110,111)/t27-,28-,33+,34+,35+,36+,37+,38+,39+,40+,41+,42-,43-,44-,50+,51+,52-,53-,54-,55+,56+,57-,58+,59-,60-,71-,73-,74+/m1/s1. The van der Waals surface area contributed by atoms with Crippen LogP contribution in [0, 0.1) is 0 Å². The number of primary amides is 2. The normalized spacial score (nSPS) is 25.3. The second kappa shape index (κ2) is 56.4. The molecule has 0 spiro atoms. The maximum absolute atomic E-state index is 15.0. The van der Waals surface area contributed by atoms with Gasteiger partial charge in [0.15, 0.2) is 18.8 Å². The third kappa shape index (κ3) is 35.7. The van der Waals surface area contributed by atoms with Gasteiger partial charge in [0.1, 0.15) is 140 Å². The molecule has 0 radical (unpaired) electrons. The average Bonchev–Trinajstić information content (AvgIpc) is 0.920. The van der Waals surface area contributed by atoms with Crippen molar-refractivity contribution in [1.29, 1.82) is 0 Å². The van der Waals surface area contributed by atoms with Crippen molar-refractivity contribution in [3.05, 3.63) is 0 Å². The van der Waals surface area contributed by atoms with Crippen LogP contribution in [0.2, 0.25) is 0 Å². The molecule has 0 aromatic carbocycles. The van der Waals surface area contributed by atoms with Gasteiger partial charge in [0.25, 0.3) is 0 Å². The van der Waals surface area contributed by atoms with Crippen molar-refractivity contribution in [3.8, 4) is 0 Å². The van der Waals surface area contributed by atoms with Crippen molar-refractivity contribution in [2.24, 2.45) is 11.5 Å². The first-order chi connectivity index (χ1) is 63.0. The first kappa shape index (κ1) is 115. The van der Waals surface area contributed by atoms with Crippen molar-refractivity contribution in [2.75, 3.05) is 77.5 Å². The minimum Gasteiger partial charge on any atom is -0.481 e. The van der Waals surface area contributed by atoms with E-state index in [2.05, 4.69) is 69.1 Å². The lowest BCUT2D eigenvalue weighted by molar-refractivity contribution is -0.347. The first-order valence-electron chi connectivity index (χ1n) is 41.6. The van der Waals surface area contributed by atoms with E-state index in [0.717, 1.165) is 39.5 Å². The molecule has 4 aliphatic heterocycles. The Labute approximate surface area is 765 Å². The van der Waals surface area contributed by atoms with E-state index >= 15 is 4.79 Å². The number of hydrogen-bond acceptors (Lipinski definition) is 40. The van der Waals surface area contributed by atoms with Gasteiger partial charge in [-0.25, -0.2) is 0 Å². The Hall–Kier alpha value is -11.0. The maximum Gasteiger partial charge on any atom is 0.305 e. The van der Waals surface area contributed by atoms with Crippen LogP contribution < -0.4 is 96.5 Å². The predicted octanol–water partition coefficient (Wildman–Crippen LogP) is -21.1. The summed E-state index contributed by atoms with van der Waals surface area (Å²) in [6.07, 6.45) is -36.0. The number of hydrogen-bond donors (Lipinski definition) is 33. The summed E-state index contributed by atoms with van der Waals surface area (Å²) in [6.45, 7) is -3.46. The quantitative estimate of drug-likeness (QED) is 0.0199. The molecule has 758 valence electrons. The highest BCUT2D eigenvalue weighted by Crippen LogP contribution is 2.32. The van der Waals surface area contributed by atoms with E-state index in [-0.39, 0.29) is 43.5 Å². The summed E-state index contributed by atoms with van der Waals surface area (Å²) in [7, 11) is 0. The molecule has 4 heterocycles. The van der Waals surface area contributed by atoms with Gasteiger partial charge < -0.3 is 202 Å². The largest absolute Gasteiger partial charge is 0.481 e. The van der Waals surface area contributed by atoms with Gasteiger partial charge in [0.05, 0.1) is 83.7 Å². The molecule has 4 fully saturated rings. The number of nitrogens with two attached hydrogens (primary N) is 2. The Kier molecular flexibility index (Phi) is 48.5. The SMILES string of the molecule is CC(=O)NCSCCNC(=O)[C@H](CO)NC(=O)[C@@H]1CCCN1C(=O)[C@H](CO)NC(=O)[C@H](CO)NC(=O)[C@@H](NC(=O)[C@H](CCC(N)=O)NC(=O)[C@H](CO)NC(=O)[C@@H](NC(=O)[C@H](CC(=O)O)NC(=O)[C@H](CC(=O)N[C@@H]1O[C@H](CO)[C@@H](O)[C@H](O)[C@H]1NC(C)=O)NC(=O)[C@H](CCC(N)=O)NC(=O)CNC(C)=O)[C@@H](C)O)[C@@H](C)O[C@@H]1O[C@H](CO)[C@H](O)[C@H](O[C@@H]2O[C@H](CO)[C@H](O)[C@H](O)[C@H]2O)[C@H]1NC(C)=O. The van der Waals surface area contributed by atoms with Crippen LogP contribution in [0.4, 0.5) is 0 Å². The van der Waals surface area contributed by atoms with Crippen LogP contribution in [0.3, 0.4) is 0 Å². The minimum absolute atomic E-state index is 0.0192. The number of amides is 19. The molecule has 4 aliphatic rings. The van der Waals surface area contributed by atoms with Gasteiger partial charge in [-0.2, -0.15) is 0 Å². The number of nitrogens with one attached hydrogen (secondary N) is 16. The smallest absolute Gasteiger partial charge is 0.305 e. The number of rotatable bonds is 54. The van der Waals surface area contributed by atoms with Crippen LogP contribution in [0.15, 0.2) is 0 Å². The number of thioether (sulfide) groups is 1. The molecule has 28 atom stereocenters. The minimum atomic E-state index is -2.48. The van der Waals surface area contributed by atoms with Gasteiger partial charge in [-0.3, -0.25) is 95.9 Å². The first-order valence-corrected chi connectivity index (χ1v) is 42.8. The molecular formula is C74H121N19O40S. The average molecular weight is 1950 g/mol. The van der Waals surface area contributed by atoms with Crippen LogP contribution in [0.1, 0.15) is 92.9 Å². The molecule has 0 saturated carbocycles. The lowest BCUT2D eigenvalue weighted by Crippen LogP contribution is -2.69. The van der Waals surface area contributed by atoms with Crippen LogP contribution in [-0.4, -0.2) is 448 Å². The molecule has 19 amide bonds. The van der Waals surface area contributed by atoms with Crippen molar-refractivity contribution in [3.63, 3.8) is 0 Å². The number of carbonyl (C=O) groups excluding carboxylic acids is 19. The van der Waals surface area contributed by atoms with E-state index < -0.39 is 374 Å². The molecule has 60 heteroatoms. The number of aliphatic carboxylic acids is 1. The van der Waals surface area contributed by atoms with Crippen molar-refractivity contribution in [1.82, 2.24) is 90.0 Å². The second-order valence-electron chi connectivity index (χ2n) is 31.1. The Morgan fingerprint density at radius 1 is 0.448 bits per heavy atom. The van der Waals surface area contributed by atoms with E-state index in [4.69, 9.17) is 35.2 Å². The van der Waals surface area contributed by atoms with Crippen molar-refractivity contribution < 1.29 is 196 Å². The highest BCUT2D eigenvalue weighted by atomic mass is 32.2. The van der Waals surface area contributed by atoms with Crippen LogP contribution in [0.25, 0.3) is 0 Å². The number of aliphatic hydroxyl groups is 14. The summed E-state index contributed by atoms with van der Waals surface area (Å²) in [5.74, 6) is -25.1. The second-order valence-corrected chi connectivity index (χ2v) is 32.2. The highest BCUT2D eigenvalue weighted by molar-refractivity contribution is 7.99. The fourth-order valence-electron chi connectivity index (χ4n) is 13.6. The fraction of sp³-hybridized carbons (Fsp3) is 0.730. The number of carboxylic acids is 1. The van der Waals surface area contributed by atoms with E-state index in [1.165, 1.54) is 18.7 Å². The molecule has 4 saturated heterocycles. The van der Waals surface area contributed by atoms with Gasteiger partial charge in [0.2, 0.25) is 112 Å².